The Balaban J connectivity index is 1.68. The third-order valence-corrected chi connectivity index (χ3v) is 4.04. The number of hydrogen-bond donors (Lipinski definition) is 2. The number of nitrogens with one attached hydrogen (secondary N) is 2. The van der Waals surface area contributed by atoms with Gasteiger partial charge in [-0.05, 0) is 57.9 Å². The van der Waals surface area contributed by atoms with E-state index < -0.39 is 0 Å². The van der Waals surface area contributed by atoms with E-state index in [1.807, 2.05) is 51.1 Å². The van der Waals surface area contributed by atoms with Crippen LogP contribution in [0.1, 0.15) is 45.2 Å². The van der Waals surface area contributed by atoms with E-state index in [-0.39, 0.29) is 6.10 Å². The van der Waals surface area contributed by atoms with Gasteiger partial charge in [0, 0.05) is 23.5 Å². The van der Waals surface area contributed by atoms with Crippen molar-refractivity contribution in [2.45, 2.75) is 58.6 Å². The van der Waals surface area contributed by atoms with Gasteiger partial charge in [-0.2, -0.15) is 4.98 Å². The van der Waals surface area contributed by atoms with Gasteiger partial charge in [-0.3, -0.25) is 0 Å². The van der Waals surface area contributed by atoms with Crippen LogP contribution in [0.2, 0.25) is 0 Å². The van der Waals surface area contributed by atoms with Gasteiger partial charge in [0.1, 0.15) is 11.6 Å². The standard InChI is InChI=1S/C19H26N4O/c1-13(2)24-17-10-8-16(9-11-17)22-19-20-14(3)12-18(23-19)21-15-6-4-5-7-15/h8-13,15H,4-7H2,1-3H3,(H2,20,21,22,23). The van der Waals surface area contributed by atoms with Crippen LogP contribution >= 0.6 is 0 Å². The van der Waals surface area contributed by atoms with Crippen LogP contribution in [0.3, 0.4) is 0 Å². The monoisotopic (exact) mass is 326 g/mol. The molecule has 1 aromatic heterocycles. The van der Waals surface area contributed by atoms with Crippen LogP contribution in [-0.2, 0) is 0 Å². The SMILES string of the molecule is Cc1cc(NC2CCCC2)nc(Nc2ccc(OC(C)C)cc2)n1. The predicted octanol–water partition coefficient (Wildman–Crippen LogP) is 4.67. The largest absolute Gasteiger partial charge is 0.491 e. The number of hydrogen-bond acceptors (Lipinski definition) is 5. The second-order valence-electron chi connectivity index (χ2n) is 6.66. The average Bonchev–Trinajstić information content (AvgIpc) is 3.01. The lowest BCUT2D eigenvalue weighted by Crippen LogP contribution is -2.16. The number of ether oxygens (including phenoxy) is 1. The van der Waals surface area contributed by atoms with Crippen molar-refractivity contribution in [2.24, 2.45) is 0 Å². The highest BCUT2D eigenvalue weighted by Gasteiger charge is 2.15. The molecule has 0 saturated heterocycles. The Kier molecular flexibility index (Phi) is 5.18. The number of aryl methyl sites for hydroxylation is 1. The summed E-state index contributed by atoms with van der Waals surface area (Å²) < 4.78 is 5.66. The minimum atomic E-state index is 0.174. The van der Waals surface area contributed by atoms with E-state index in [1.165, 1.54) is 25.7 Å². The van der Waals surface area contributed by atoms with Gasteiger partial charge in [-0.15, -0.1) is 0 Å². The molecule has 128 valence electrons. The van der Waals surface area contributed by atoms with Crippen molar-refractivity contribution < 1.29 is 4.74 Å². The first-order valence-electron chi connectivity index (χ1n) is 8.74. The van der Waals surface area contributed by atoms with Crippen molar-refractivity contribution in [3.63, 3.8) is 0 Å². The highest BCUT2D eigenvalue weighted by atomic mass is 16.5. The van der Waals surface area contributed by atoms with Crippen molar-refractivity contribution in [2.75, 3.05) is 10.6 Å². The molecule has 1 saturated carbocycles. The Morgan fingerprint density at radius 1 is 1.08 bits per heavy atom. The molecular weight excluding hydrogens is 300 g/mol. The number of anilines is 3. The maximum absolute atomic E-state index is 5.66. The van der Waals surface area contributed by atoms with Crippen LogP contribution in [0, 0.1) is 6.92 Å². The summed E-state index contributed by atoms with van der Waals surface area (Å²) in [7, 11) is 0. The fraction of sp³-hybridized carbons (Fsp3) is 0.474. The fourth-order valence-electron chi connectivity index (χ4n) is 3.00. The number of nitrogens with zero attached hydrogens (tertiary/aromatic N) is 2. The summed E-state index contributed by atoms with van der Waals surface area (Å²) in [5.41, 5.74) is 1.90. The van der Waals surface area contributed by atoms with Gasteiger partial charge in [0.2, 0.25) is 5.95 Å². The minimum absolute atomic E-state index is 0.174. The molecule has 1 aliphatic rings. The van der Waals surface area contributed by atoms with Gasteiger partial charge in [0.25, 0.3) is 0 Å². The summed E-state index contributed by atoms with van der Waals surface area (Å²) in [5, 5.41) is 6.80. The Hall–Kier alpha value is -2.30. The van der Waals surface area contributed by atoms with Crippen molar-refractivity contribution in [1.29, 1.82) is 0 Å². The summed E-state index contributed by atoms with van der Waals surface area (Å²) in [4.78, 5) is 9.08. The maximum Gasteiger partial charge on any atom is 0.229 e. The molecule has 1 aromatic carbocycles. The first kappa shape index (κ1) is 16.6. The zero-order valence-electron chi connectivity index (χ0n) is 14.7. The van der Waals surface area contributed by atoms with E-state index in [1.54, 1.807) is 0 Å². The summed E-state index contributed by atoms with van der Waals surface area (Å²) in [5.74, 6) is 2.38. The van der Waals surface area contributed by atoms with Gasteiger partial charge in [0.15, 0.2) is 0 Å². The van der Waals surface area contributed by atoms with E-state index in [0.29, 0.717) is 12.0 Å². The molecule has 0 atom stereocenters. The molecule has 0 unspecified atom stereocenters. The average molecular weight is 326 g/mol. The lowest BCUT2D eigenvalue weighted by atomic mass is 10.2. The Labute approximate surface area is 143 Å². The smallest absolute Gasteiger partial charge is 0.229 e. The Morgan fingerprint density at radius 2 is 1.79 bits per heavy atom. The fourth-order valence-corrected chi connectivity index (χ4v) is 3.00. The summed E-state index contributed by atoms with van der Waals surface area (Å²) in [6.07, 6.45) is 5.23. The zero-order chi connectivity index (χ0) is 16.9. The molecule has 0 spiro atoms. The van der Waals surface area contributed by atoms with Gasteiger partial charge in [-0.25, -0.2) is 4.98 Å². The summed E-state index contributed by atoms with van der Waals surface area (Å²) in [6.45, 7) is 6.03. The van der Waals surface area contributed by atoms with Gasteiger partial charge in [0.05, 0.1) is 6.10 Å². The van der Waals surface area contributed by atoms with Crippen LogP contribution in [0.15, 0.2) is 30.3 Å². The molecule has 1 aliphatic carbocycles. The molecule has 2 N–H and O–H groups in total. The molecule has 0 aliphatic heterocycles. The zero-order valence-corrected chi connectivity index (χ0v) is 14.7. The van der Waals surface area contributed by atoms with E-state index in [9.17, 15) is 0 Å². The molecular formula is C19H26N4O. The van der Waals surface area contributed by atoms with Crippen LogP contribution in [-0.4, -0.2) is 22.1 Å². The first-order valence-corrected chi connectivity index (χ1v) is 8.74. The van der Waals surface area contributed by atoms with Gasteiger partial charge in [-0.1, -0.05) is 12.8 Å². The second-order valence-corrected chi connectivity index (χ2v) is 6.66. The topological polar surface area (TPSA) is 59.1 Å². The molecule has 0 radical (unpaired) electrons. The summed E-state index contributed by atoms with van der Waals surface area (Å²) in [6, 6.07) is 10.4. The molecule has 5 heteroatoms. The quantitative estimate of drug-likeness (QED) is 0.808. The van der Waals surface area contributed by atoms with Crippen molar-refractivity contribution in [1.82, 2.24) is 9.97 Å². The molecule has 1 heterocycles. The van der Waals surface area contributed by atoms with E-state index in [2.05, 4.69) is 20.6 Å². The molecule has 0 bridgehead atoms. The first-order chi connectivity index (χ1) is 11.6. The minimum Gasteiger partial charge on any atom is -0.491 e. The Morgan fingerprint density at radius 3 is 2.46 bits per heavy atom. The number of aromatic nitrogens is 2. The highest BCUT2D eigenvalue weighted by Crippen LogP contribution is 2.23. The van der Waals surface area contributed by atoms with Crippen LogP contribution < -0.4 is 15.4 Å². The van der Waals surface area contributed by atoms with Crippen LogP contribution in [0.5, 0.6) is 5.75 Å². The second kappa shape index (κ2) is 7.51. The molecule has 5 nitrogen and oxygen atoms in total. The molecule has 3 rings (SSSR count). The van der Waals surface area contributed by atoms with Crippen molar-refractivity contribution in [3.05, 3.63) is 36.0 Å². The molecule has 0 amide bonds. The number of rotatable bonds is 6. The third-order valence-electron chi connectivity index (χ3n) is 4.04. The Bertz CT molecular complexity index is 664. The van der Waals surface area contributed by atoms with Gasteiger partial charge >= 0.3 is 0 Å². The molecule has 24 heavy (non-hydrogen) atoms. The lowest BCUT2D eigenvalue weighted by molar-refractivity contribution is 0.242. The molecule has 1 fully saturated rings. The van der Waals surface area contributed by atoms with Crippen LogP contribution in [0.4, 0.5) is 17.5 Å². The normalized spacial score (nSPS) is 14.8. The van der Waals surface area contributed by atoms with Crippen LogP contribution in [0.25, 0.3) is 0 Å². The maximum atomic E-state index is 5.66. The highest BCUT2D eigenvalue weighted by molar-refractivity contribution is 5.56. The predicted molar refractivity (Wildman–Crippen MR) is 98.1 cm³/mol. The lowest BCUT2D eigenvalue weighted by Gasteiger charge is -2.14. The van der Waals surface area contributed by atoms with Gasteiger partial charge < -0.3 is 15.4 Å². The molecule has 2 aromatic rings. The third kappa shape index (κ3) is 4.60. The van der Waals surface area contributed by atoms with E-state index in [4.69, 9.17) is 4.74 Å². The van der Waals surface area contributed by atoms with E-state index in [0.717, 1.165) is 22.9 Å². The van der Waals surface area contributed by atoms with Crippen molar-refractivity contribution in [3.8, 4) is 5.75 Å². The summed E-state index contributed by atoms with van der Waals surface area (Å²) >= 11 is 0. The number of benzene rings is 1. The van der Waals surface area contributed by atoms with E-state index >= 15 is 0 Å². The van der Waals surface area contributed by atoms with Crippen molar-refractivity contribution >= 4 is 17.5 Å².